The minimum Gasteiger partial charge on any atom is -0.381 e. The van der Waals surface area contributed by atoms with Crippen LogP contribution in [0.3, 0.4) is 0 Å². The van der Waals surface area contributed by atoms with Crippen molar-refractivity contribution in [1.82, 2.24) is 14.9 Å². The summed E-state index contributed by atoms with van der Waals surface area (Å²) in [6, 6.07) is 11.7. The highest BCUT2D eigenvalue weighted by atomic mass is 16.5. The Kier molecular flexibility index (Phi) is 5.24. The van der Waals surface area contributed by atoms with Crippen LogP contribution in [-0.2, 0) is 11.3 Å². The molecule has 4 nitrogen and oxygen atoms in total. The molecule has 4 heteroatoms. The van der Waals surface area contributed by atoms with Crippen molar-refractivity contribution >= 4 is 0 Å². The number of hydrogen-bond acceptors (Lipinski definition) is 3. The van der Waals surface area contributed by atoms with Crippen LogP contribution in [0.2, 0.25) is 0 Å². The van der Waals surface area contributed by atoms with E-state index in [1.165, 1.54) is 5.56 Å². The Morgan fingerprint density at radius 3 is 2.73 bits per heavy atom. The molecule has 0 radical (unpaired) electrons. The van der Waals surface area contributed by atoms with Crippen LogP contribution in [0.25, 0.3) is 0 Å². The maximum absolute atomic E-state index is 5.47. The zero-order valence-corrected chi connectivity index (χ0v) is 13.2. The summed E-state index contributed by atoms with van der Waals surface area (Å²) in [6.07, 6.45) is 7.21. The first-order chi connectivity index (χ1) is 10.8. The minimum atomic E-state index is 0.381. The lowest BCUT2D eigenvalue weighted by atomic mass is 10.0. The zero-order valence-electron chi connectivity index (χ0n) is 13.2. The molecule has 1 atom stereocenters. The molecule has 1 aromatic carbocycles. The molecular formula is C18H25N3O. The highest BCUT2D eigenvalue weighted by Gasteiger charge is 2.19. The maximum atomic E-state index is 5.47. The summed E-state index contributed by atoms with van der Waals surface area (Å²) in [5.74, 6) is 1.08. The summed E-state index contributed by atoms with van der Waals surface area (Å²) in [5.41, 5.74) is 1.37. The van der Waals surface area contributed by atoms with Crippen molar-refractivity contribution in [3.05, 3.63) is 54.1 Å². The minimum absolute atomic E-state index is 0.381. The van der Waals surface area contributed by atoms with Crippen molar-refractivity contribution < 1.29 is 4.74 Å². The van der Waals surface area contributed by atoms with E-state index in [1.54, 1.807) is 0 Å². The lowest BCUT2D eigenvalue weighted by Gasteiger charge is -2.29. The van der Waals surface area contributed by atoms with Gasteiger partial charge >= 0.3 is 0 Å². The van der Waals surface area contributed by atoms with Crippen LogP contribution in [0.4, 0.5) is 0 Å². The summed E-state index contributed by atoms with van der Waals surface area (Å²) in [7, 11) is 0. The Labute approximate surface area is 132 Å². The van der Waals surface area contributed by atoms with Gasteiger partial charge in [0.25, 0.3) is 0 Å². The third-order valence-electron chi connectivity index (χ3n) is 4.44. The summed E-state index contributed by atoms with van der Waals surface area (Å²) in [5, 5.41) is 3.84. The second kappa shape index (κ2) is 7.56. The van der Waals surface area contributed by atoms with Gasteiger partial charge < -0.3 is 14.6 Å². The molecule has 22 heavy (non-hydrogen) atoms. The molecule has 1 aliphatic rings. The second-order valence-electron chi connectivity index (χ2n) is 5.97. The molecule has 1 N–H and O–H groups in total. The van der Waals surface area contributed by atoms with Crippen molar-refractivity contribution in [3.63, 3.8) is 0 Å². The highest BCUT2D eigenvalue weighted by molar-refractivity contribution is 5.19. The average Bonchev–Trinajstić information content (AvgIpc) is 2.98. The molecule has 2 heterocycles. The van der Waals surface area contributed by atoms with Gasteiger partial charge in [-0.15, -0.1) is 0 Å². The van der Waals surface area contributed by atoms with E-state index in [1.807, 2.05) is 6.20 Å². The topological polar surface area (TPSA) is 39.1 Å². The van der Waals surface area contributed by atoms with Crippen LogP contribution >= 0.6 is 0 Å². The fraction of sp³-hybridized carbons (Fsp3) is 0.500. The van der Waals surface area contributed by atoms with Crippen molar-refractivity contribution in [1.29, 1.82) is 0 Å². The van der Waals surface area contributed by atoms with E-state index in [2.05, 4.69) is 58.3 Å². The quantitative estimate of drug-likeness (QED) is 0.891. The Morgan fingerprint density at radius 2 is 2.05 bits per heavy atom. The number of benzene rings is 1. The van der Waals surface area contributed by atoms with Gasteiger partial charge in [0, 0.05) is 44.2 Å². The number of ether oxygens (including phenoxy) is 1. The van der Waals surface area contributed by atoms with Gasteiger partial charge in [0.05, 0.1) is 0 Å². The number of rotatable bonds is 6. The molecule has 118 valence electrons. The SMILES string of the molecule is Cc1nccn1CC[C@H](NC1CCOCC1)c1ccccc1. The van der Waals surface area contributed by atoms with Gasteiger partial charge in [-0.1, -0.05) is 30.3 Å². The molecule has 0 amide bonds. The molecule has 0 aliphatic carbocycles. The van der Waals surface area contributed by atoms with Gasteiger partial charge in [-0.05, 0) is 31.7 Å². The first-order valence-electron chi connectivity index (χ1n) is 8.19. The van der Waals surface area contributed by atoms with E-state index in [0.717, 1.165) is 44.8 Å². The predicted molar refractivity (Wildman–Crippen MR) is 87.7 cm³/mol. The van der Waals surface area contributed by atoms with Gasteiger partial charge in [-0.3, -0.25) is 0 Å². The number of aryl methyl sites for hydroxylation is 2. The van der Waals surface area contributed by atoms with Crippen LogP contribution in [-0.4, -0.2) is 28.8 Å². The number of nitrogens with one attached hydrogen (secondary N) is 1. The third kappa shape index (κ3) is 3.96. The monoisotopic (exact) mass is 299 g/mol. The Morgan fingerprint density at radius 1 is 1.27 bits per heavy atom. The summed E-state index contributed by atoms with van der Waals surface area (Å²) in [4.78, 5) is 4.31. The lowest BCUT2D eigenvalue weighted by molar-refractivity contribution is 0.0743. The molecule has 0 unspecified atom stereocenters. The van der Waals surface area contributed by atoms with Gasteiger partial charge in [-0.25, -0.2) is 4.98 Å². The van der Waals surface area contributed by atoms with Crippen LogP contribution in [0.5, 0.6) is 0 Å². The number of nitrogens with zero attached hydrogens (tertiary/aromatic N) is 2. The van der Waals surface area contributed by atoms with Crippen molar-refractivity contribution in [3.8, 4) is 0 Å². The number of imidazole rings is 1. The molecule has 1 aromatic heterocycles. The first kappa shape index (κ1) is 15.3. The second-order valence-corrected chi connectivity index (χ2v) is 5.97. The van der Waals surface area contributed by atoms with E-state index in [9.17, 15) is 0 Å². The molecule has 0 bridgehead atoms. The Bertz CT molecular complexity index is 561. The van der Waals surface area contributed by atoms with Gasteiger partial charge in [-0.2, -0.15) is 0 Å². The van der Waals surface area contributed by atoms with Gasteiger partial charge in [0.15, 0.2) is 0 Å². The smallest absolute Gasteiger partial charge is 0.105 e. The molecule has 0 spiro atoms. The molecule has 3 rings (SSSR count). The number of hydrogen-bond donors (Lipinski definition) is 1. The van der Waals surface area contributed by atoms with Crippen LogP contribution in [0, 0.1) is 6.92 Å². The number of aromatic nitrogens is 2. The normalized spacial score (nSPS) is 17.5. The average molecular weight is 299 g/mol. The molecule has 1 saturated heterocycles. The first-order valence-corrected chi connectivity index (χ1v) is 8.19. The summed E-state index contributed by atoms with van der Waals surface area (Å²) >= 11 is 0. The fourth-order valence-electron chi connectivity index (χ4n) is 3.09. The molecular weight excluding hydrogens is 274 g/mol. The van der Waals surface area contributed by atoms with Crippen LogP contribution in [0.15, 0.2) is 42.7 Å². The predicted octanol–water partition coefficient (Wildman–Crippen LogP) is 3.09. The van der Waals surface area contributed by atoms with Gasteiger partial charge in [0.1, 0.15) is 5.82 Å². The summed E-state index contributed by atoms with van der Waals surface area (Å²) in [6.45, 7) is 4.80. The zero-order chi connectivity index (χ0) is 15.2. The van der Waals surface area contributed by atoms with Crippen LogP contribution < -0.4 is 5.32 Å². The highest BCUT2D eigenvalue weighted by Crippen LogP contribution is 2.21. The molecule has 0 saturated carbocycles. The Balaban J connectivity index is 1.67. The van der Waals surface area contributed by atoms with Crippen molar-refractivity contribution in [2.45, 2.75) is 44.8 Å². The van der Waals surface area contributed by atoms with E-state index in [-0.39, 0.29) is 0 Å². The largest absolute Gasteiger partial charge is 0.381 e. The Hall–Kier alpha value is -1.65. The standard InChI is InChI=1S/C18H25N3O/c1-15-19-10-12-21(15)11-7-18(16-5-3-2-4-6-16)20-17-8-13-22-14-9-17/h2-6,10,12,17-18,20H,7-9,11,13-14H2,1H3/t18-/m0/s1. The maximum Gasteiger partial charge on any atom is 0.105 e. The van der Waals surface area contributed by atoms with Crippen LogP contribution in [0.1, 0.15) is 36.7 Å². The third-order valence-corrected chi connectivity index (χ3v) is 4.44. The summed E-state index contributed by atoms with van der Waals surface area (Å²) < 4.78 is 7.69. The molecule has 2 aromatic rings. The fourth-order valence-corrected chi connectivity index (χ4v) is 3.09. The lowest BCUT2D eigenvalue weighted by Crippen LogP contribution is -2.37. The van der Waals surface area contributed by atoms with E-state index in [0.29, 0.717) is 12.1 Å². The molecule has 1 fully saturated rings. The van der Waals surface area contributed by atoms with Gasteiger partial charge in [0.2, 0.25) is 0 Å². The van der Waals surface area contributed by atoms with E-state index in [4.69, 9.17) is 4.74 Å². The van der Waals surface area contributed by atoms with Crippen molar-refractivity contribution in [2.24, 2.45) is 0 Å². The van der Waals surface area contributed by atoms with Crippen molar-refractivity contribution in [2.75, 3.05) is 13.2 Å². The molecule has 1 aliphatic heterocycles. The van der Waals surface area contributed by atoms with E-state index >= 15 is 0 Å². The van der Waals surface area contributed by atoms with E-state index < -0.39 is 0 Å².